The maximum Gasteiger partial charge on any atom is 0.159 e. The molecule has 0 aliphatic carbocycles. The van der Waals surface area contributed by atoms with Crippen LogP contribution in [0.2, 0.25) is 0 Å². The first-order valence-corrected chi connectivity index (χ1v) is 7.91. The second kappa shape index (κ2) is 7.26. The summed E-state index contributed by atoms with van der Waals surface area (Å²) in [6.07, 6.45) is 0.0150. The smallest absolute Gasteiger partial charge is 0.159 e. The number of anilines is 1. The molecule has 0 amide bonds. The molecule has 3 aromatic carbocycles. The lowest BCUT2D eigenvalue weighted by Crippen LogP contribution is -2.16. The van der Waals surface area contributed by atoms with Crippen molar-refractivity contribution < 1.29 is 13.6 Å². The molecule has 0 heterocycles. The Labute approximate surface area is 144 Å². The minimum absolute atomic E-state index is 0.0150. The van der Waals surface area contributed by atoms with Crippen molar-refractivity contribution in [3.8, 4) is 0 Å². The molecule has 0 bridgehead atoms. The van der Waals surface area contributed by atoms with Gasteiger partial charge in [-0.2, -0.15) is 0 Å². The van der Waals surface area contributed by atoms with Gasteiger partial charge in [0.15, 0.2) is 11.6 Å². The minimum Gasteiger partial charge on any atom is -0.399 e. The predicted octanol–water partition coefficient (Wildman–Crippen LogP) is 4.49. The van der Waals surface area contributed by atoms with Gasteiger partial charge in [-0.3, -0.25) is 4.79 Å². The molecule has 0 aliphatic rings. The van der Waals surface area contributed by atoms with Crippen LogP contribution in [0.4, 0.5) is 14.5 Å². The summed E-state index contributed by atoms with van der Waals surface area (Å²) < 4.78 is 26.5. The SMILES string of the molecule is Nc1ccc(C(C(=O)Cc2ccc(F)c(F)c2)c2ccccc2)cc1. The van der Waals surface area contributed by atoms with E-state index in [0.717, 1.165) is 23.3 Å². The Bertz CT molecular complexity index is 876. The van der Waals surface area contributed by atoms with E-state index >= 15 is 0 Å². The fourth-order valence-electron chi connectivity index (χ4n) is 2.85. The minimum atomic E-state index is -0.950. The highest BCUT2D eigenvalue weighted by Crippen LogP contribution is 2.28. The van der Waals surface area contributed by atoms with E-state index in [1.165, 1.54) is 6.07 Å². The Kier molecular flexibility index (Phi) is 4.89. The lowest BCUT2D eigenvalue weighted by atomic mass is 9.85. The molecule has 0 aliphatic heterocycles. The van der Waals surface area contributed by atoms with Gasteiger partial charge in [0, 0.05) is 12.1 Å². The number of nitrogen functional groups attached to an aromatic ring is 1. The lowest BCUT2D eigenvalue weighted by molar-refractivity contribution is -0.119. The number of rotatable bonds is 5. The van der Waals surface area contributed by atoms with E-state index in [9.17, 15) is 13.6 Å². The number of hydrogen-bond acceptors (Lipinski definition) is 2. The van der Waals surface area contributed by atoms with E-state index in [-0.39, 0.29) is 12.2 Å². The van der Waals surface area contributed by atoms with E-state index in [0.29, 0.717) is 11.3 Å². The largest absolute Gasteiger partial charge is 0.399 e. The van der Waals surface area contributed by atoms with Crippen molar-refractivity contribution in [1.82, 2.24) is 0 Å². The van der Waals surface area contributed by atoms with Crippen molar-refractivity contribution in [3.63, 3.8) is 0 Å². The Morgan fingerprint density at radius 3 is 2.12 bits per heavy atom. The molecule has 0 fully saturated rings. The molecule has 2 N–H and O–H groups in total. The van der Waals surface area contributed by atoms with E-state index in [1.54, 1.807) is 12.1 Å². The highest BCUT2D eigenvalue weighted by atomic mass is 19.2. The molecule has 0 spiro atoms. The first kappa shape index (κ1) is 16.8. The number of nitrogens with two attached hydrogens (primary N) is 1. The summed E-state index contributed by atoms with van der Waals surface area (Å²) in [6.45, 7) is 0. The molecule has 0 radical (unpaired) electrons. The van der Waals surface area contributed by atoms with E-state index in [1.807, 2.05) is 42.5 Å². The molecule has 1 unspecified atom stereocenters. The average Bonchev–Trinajstić information content (AvgIpc) is 2.61. The zero-order valence-corrected chi connectivity index (χ0v) is 13.5. The third-order valence-electron chi connectivity index (χ3n) is 4.09. The number of halogens is 2. The van der Waals surface area contributed by atoms with E-state index in [4.69, 9.17) is 5.73 Å². The highest BCUT2D eigenvalue weighted by molar-refractivity contribution is 5.90. The summed E-state index contributed by atoms with van der Waals surface area (Å²) in [6, 6.07) is 20.0. The lowest BCUT2D eigenvalue weighted by Gasteiger charge is -2.17. The maximum atomic E-state index is 13.4. The van der Waals surface area contributed by atoms with Gasteiger partial charge in [0.2, 0.25) is 0 Å². The van der Waals surface area contributed by atoms with Crippen molar-refractivity contribution in [2.75, 3.05) is 5.73 Å². The van der Waals surface area contributed by atoms with Crippen LogP contribution in [-0.2, 0) is 11.2 Å². The molecule has 1 atom stereocenters. The number of carbonyl (C=O) groups is 1. The molecule has 0 saturated heterocycles. The summed E-state index contributed by atoms with van der Waals surface area (Å²) in [4.78, 5) is 12.9. The second-order valence-electron chi connectivity index (χ2n) is 5.90. The average molecular weight is 337 g/mol. The summed E-state index contributed by atoms with van der Waals surface area (Å²) in [5.74, 6) is -2.46. The Morgan fingerprint density at radius 2 is 1.48 bits per heavy atom. The zero-order chi connectivity index (χ0) is 17.8. The third-order valence-corrected chi connectivity index (χ3v) is 4.09. The fraction of sp³-hybridized carbons (Fsp3) is 0.0952. The number of ketones is 1. The summed E-state index contributed by atoms with van der Waals surface area (Å²) in [5, 5.41) is 0. The van der Waals surface area contributed by atoms with Gasteiger partial charge < -0.3 is 5.73 Å². The van der Waals surface area contributed by atoms with Gasteiger partial charge in [-0.1, -0.05) is 48.5 Å². The summed E-state index contributed by atoms with van der Waals surface area (Å²) in [7, 11) is 0. The van der Waals surface area contributed by atoms with Crippen LogP contribution in [0.1, 0.15) is 22.6 Å². The molecule has 4 heteroatoms. The van der Waals surface area contributed by atoms with Crippen LogP contribution in [-0.4, -0.2) is 5.78 Å². The van der Waals surface area contributed by atoms with Crippen molar-refractivity contribution in [2.45, 2.75) is 12.3 Å². The number of Topliss-reactive ketones (excluding diaryl/α,β-unsaturated/α-hetero) is 1. The summed E-state index contributed by atoms with van der Waals surface area (Å²) >= 11 is 0. The highest BCUT2D eigenvalue weighted by Gasteiger charge is 2.23. The van der Waals surface area contributed by atoms with Crippen molar-refractivity contribution in [2.24, 2.45) is 0 Å². The van der Waals surface area contributed by atoms with Crippen molar-refractivity contribution in [3.05, 3.63) is 101 Å². The fourth-order valence-corrected chi connectivity index (χ4v) is 2.85. The quantitative estimate of drug-likeness (QED) is 0.697. The number of hydrogen-bond donors (Lipinski definition) is 1. The van der Waals surface area contributed by atoms with E-state index < -0.39 is 17.6 Å². The van der Waals surface area contributed by atoms with Gasteiger partial charge in [0.05, 0.1) is 5.92 Å². The molecule has 3 rings (SSSR count). The van der Waals surface area contributed by atoms with Crippen LogP contribution in [0.3, 0.4) is 0 Å². The van der Waals surface area contributed by atoms with Gasteiger partial charge in [0.25, 0.3) is 0 Å². The van der Waals surface area contributed by atoms with Crippen LogP contribution < -0.4 is 5.73 Å². The van der Waals surface area contributed by atoms with Gasteiger partial charge >= 0.3 is 0 Å². The molecule has 0 aromatic heterocycles. The summed E-state index contributed by atoms with van der Waals surface area (Å²) in [5.41, 5.74) is 8.45. The number of benzene rings is 3. The molecule has 3 aromatic rings. The molecule has 25 heavy (non-hydrogen) atoms. The normalized spacial score (nSPS) is 11.9. The maximum absolute atomic E-state index is 13.4. The monoisotopic (exact) mass is 337 g/mol. The molecular formula is C21H17F2NO. The van der Waals surface area contributed by atoms with Gasteiger partial charge in [0.1, 0.15) is 5.78 Å². The Balaban J connectivity index is 1.94. The van der Waals surface area contributed by atoms with Gasteiger partial charge in [-0.25, -0.2) is 8.78 Å². The molecule has 2 nitrogen and oxygen atoms in total. The Morgan fingerprint density at radius 1 is 0.840 bits per heavy atom. The molecule has 0 saturated carbocycles. The number of carbonyl (C=O) groups excluding carboxylic acids is 1. The van der Waals surface area contributed by atoms with Crippen molar-refractivity contribution >= 4 is 11.5 Å². The topological polar surface area (TPSA) is 43.1 Å². The van der Waals surface area contributed by atoms with Crippen LogP contribution >= 0.6 is 0 Å². The van der Waals surface area contributed by atoms with Crippen molar-refractivity contribution in [1.29, 1.82) is 0 Å². The van der Waals surface area contributed by atoms with Crippen LogP contribution in [0, 0.1) is 11.6 Å². The van der Waals surface area contributed by atoms with Crippen LogP contribution in [0.15, 0.2) is 72.8 Å². The van der Waals surface area contributed by atoms with Crippen LogP contribution in [0.5, 0.6) is 0 Å². The van der Waals surface area contributed by atoms with Crippen LogP contribution in [0.25, 0.3) is 0 Å². The molecular weight excluding hydrogens is 320 g/mol. The Hall–Kier alpha value is -3.01. The van der Waals surface area contributed by atoms with E-state index in [2.05, 4.69) is 0 Å². The first-order chi connectivity index (χ1) is 12.0. The first-order valence-electron chi connectivity index (χ1n) is 7.91. The zero-order valence-electron chi connectivity index (χ0n) is 13.5. The van der Waals surface area contributed by atoms with Gasteiger partial charge in [-0.05, 0) is 41.0 Å². The standard InChI is InChI=1S/C21H17F2NO/c22-18-11-6-14(12-19(18)23)13-20(25)21(15-4-2-1-3-5-15)16-7-9-17(24)10-8-16/h1-12,21H,13,24H2. The predicted molar refractivity (Wildman–Crippen MR) is 94.2 cm³/mol. The van der Waals surface area contributed by atoms with Gasteiger partial charge in [-0.15, -0.1) is 0 Å². The second-order valence-corrected chi connectivity index (χ2v) is 5.90. The molecule has 126 valence electrons. The third kappa shape index (κ3) is 3.91.